The van der Waals surface area contributed by atoms with Crippen LogP contribution < -0.4 is 0 Å². The number of halogens is 1. The molecule has 1 N–H and O–H groups in total. The highest BCUT2D eigenvalue weighted by Crippen LogP contribution is 2.51. The second-order valence-corrected chi connectivity index (χ2v) is 6.79. The summed E-state index contributed by atoms with van der Waals surface area (Å²) in [5.74, 6) is 2.19. The summed E-state index contributed by atoms with van der Waals surface area (Å²) >= 11 is 3.41. The average Bonchev–Trinajstić information content (AvgIpc) is 2.80. The van der Waals surface area contributed by atoms with Crippen molar-refractivity contribution in [2.24, 2.45) is 5.41 Å². The smallest absolute Gasteiger partial charge is 0.315 e. The fourth-order valence-corrected chi connectivity index (χ4v) is 3.68. The molecule has 0 unspecified atom stereocenters. The Morgan fingerprint density at radius 3 is 2.68 bits per heavy atom. The van der Waals surface area contributed by atoms with Crippen LogP contribution in [0.4, 0.5) is 0 Å². The maximum Gasteiger partial charge on any atom is 0.315 e. The predicted molar refractivity (Wildman–Crippen MR) is 89.2 cm³/mol. The second kappa shape index (κ2) is 6.85. The maximum absolute atomic E-state index is 12.7. The Labute approximate surface area is 140 Å². The largest absolute Gasteiger partial charge is 0.465 e. The van der Waals surface area contributed by atoms with E-state index in [2.05, 4.69) is 21.9 Å². The Morgan fingerprint density at radius 1 is 1.41 bits per heavy atom. The SMILES string of the molecule is C#CC[C@@]1(O)CCC[C@@]1(Cc1ccc(Br)cc1)C(=O)OCC. The Balaban J connectivity index is 2.40. The van der Waals surface area contributed by atoms with Gasteiger partial charge in [0, 0.05) is 10.9 Å². The minimum Gasteiger partial charge on any atom is -0.465 e. The second-order valence-electron chi connectivity index (χ2n) is 5.87. The van der Waals surface area contributed by atoms with Gasteiger partial charge in [0.2, 0.25) is 0 Å². The quantitative estimate of drug-likeness (QED) is 0.642. The molecule has 1 aromatic carbocycles. The van der Waals surface area contributed by atoms with Crippen LogP contribution >= 0.6 is 15.9 Å². The van der Waals surface area contributed by atoms with Gasteiger partial charge in [0.15, 0.2) is 0 Å². The van der Waals surface area contributed by atoms with Crippen LogP contribution in [0.25, 0.3) is 0 Å². The van der Waals surface area contributed by atoms with E-state index in [1.807, 2.05) is 24.3 Å². The lowest BCUT2D eigenvalue weighted by Gasteiger charge is -2.39. The molecule has 1 saturated carbocycles. The molecule has 0 radical (unpaired) electrons. The normalized spacial score (nSPS) is 27.4. The van der Waals surface area contributed by atoms with Crippen molar-refractivity contribution in [1.29, 1.82) is 0 Å². The molecule has 0 aliphatic heterocycles. The summed E-state index contributed by atoms with van der Waals surface area (Å²) in [6, 6.07) is 7.78. The van der Waals surface area contributed by atoms with Crippen LogP contribution in [0.2, 0.25) is 0 Å². The van der Waals surface area contributed by atoms with E-state index in [0.29, 0.717) is 25.9 Å². The van der Waals surface area contributed by atoms with Gasteiger partial charge in [-0.2, -0.15) is 0 Å². The molecule has 0 saturated heterocycles. The number of carbonyl (C=O) groups is 1. The molecular weight excluding hydrogens is 344 g/mol. The van der Waals surface area contributed by atoms with Crippen molar-refractivity contribution in [3.63, 3.8) is 0 Å². The number of aliphatic hydroxyl groups is 1. The summed E-state index contributed by atoms with van der Waals surface area (Å²) in [6.45, 7) is 2.08. The molecule has 2 atom stereocenters. The van der Waals surface area contributed by atoms with Gasteiger partial charge in [-0.25, -0.2) is 0 Å². The monoisotopic (exact) mass is 364 g/mol. The fraction of sp³-hybridized carbons (Fsp3) is 0.500. The van der Waals surface area contributed by atoms with Crippen molar-refractivity contribution >= 4 is 21.9 Å². The van der Waals surface area contributed by atoms with Gasteiger partial charge in [-0.3, -0.25) is 4.79 Å². The highest BCUT2D eigenvalue weighted by atomic mass is 79.9. The number of hydrogen-bond donors (Lipinski definition) is 1. The van der Waals surface area contributed by atoms with Crippen LogP contribution in [0.1, 0.15) is 38.2 Å². The zero-order chi connectivity index (χ0) is 16.2. The van der Waals surface area contributed by atoms with Gasteiger partial charge < -0.3 is 9.84 Å². The van der Waals surface area contributed by atoms with Gasteiger partial charge in [-0.05, 0) is 50.3 Å². The number of rotatable bonds is 5. The highest BCUT2D eigenvalue weighted by Gasteiger charge is 2.59. The van der Waals surface area contributed by atoms with E-state index < -0.39 is 11.0 Å². The Morgan fingerprint density at radius 2 is 2.09 bits per heavy atom. The fourth-order valence-electron chi connectivity index (χ4n) is 3.42. The molecule has 1 fully saturated rings. The van der Waals surface area contributed by atoms with Crippen LogP contribution in [-0.2, 0) is 16.0 Å². The minimum atomic E-state index is -1.19. The number of carbonyl (C=O) groups excluding carboxylic acids is 1. The molecule has 4 heteroatoms. The van der Waals surface area contributed by atoms with Crippen molar-refractivity contribution in [1.82, 2.24) is 0 Å². The van der Waals surface area contributed by atoms with Gasteiger partial charge >= 0.3 is 5.97 Å². The summed E-state index contributed by atoms with van der Waals surface area (Å²) in [5.41, 5.74) is -1.15. The van der Waals surface area contributed by atoms with E-state index >= 15 is 0 Å². The molecule has 3 nitrogen and oxygen atoms in total. The van der Waals surface area contributed by atoms with E-state index in [0.717, 1.165) is 16.5 Å². The molecule has 1 aliphatic carbocycles. The molecule has 0 aromatic heterocycles. The van der Waals surface area contributed by atoms with E-state index in [9.17, 15) is 9.90 Å². The Kier molecular flexibility index (Phi) is 5.31. The first-order valence-corrected chi connectivity index (χ1v) is 8.34. The zero-order valence-electron chi connectivity index (χ0n) is 12.8. The molecular formula is C18H21BrO3. The summed E-state index contributed by atoms with van der Waals surface area (Å²) in [5, 5.41) is 11.1. The van der Waals surface area contributed by atoms with Gasteiger partial charge in [0.05, 0.1) is 12.2 Å². The van der Waals surface area contributed by atoms with Crippen LogP contribution in [0.15, 0.2) is 28.7 Å². The summed E-state index contributed by atoms with van der Waals surface area (Å²) in [7, 11) is 0. The molecule has 2 rings (SSSR count). The van der Waals surface area contributed by atoms with E-state index in [-0.39, 0.29) is 12.4 Å². The molecule has 22 heavy (non-hydrogen) atoms. The topological polar surface area (TPSA) is 46.5 Å². The number of esters is 1. The molecule has 118 valence electrons. The molecule has 0 bridgehead atoms. The van der Waals surface area contributed by atoms with Crippen LogP contribution in [-0.4, -0.2) is 23.3 Å². The molecule has 0 heterocycles. The summed E-state index contributed by atoms with van der Waals surface area (Å²) in [4.78, 5) is 12.7. The minimum absolute atomic E-state index is 0.169. The van der Waals surface area contributed by atoms with Crippen LogP contribution in [0.3, 0.4) is 0 Å². The first kappa shape index (κ1) is 17.1. The number of ether oxygens (including phenoxy) is 1. The third-order valence-corrected chi connectivity index (χ3v) is 5.09. The third-order valence-electron chi connectivity index (χ3n) is 4.56. The molecule has 1 aromatic rings. The Bertz CT molecular complexity index is 575. The van der Waals surface area contributed by atoms with Gasteiger partial charge in [0.25, 0.3) is 0 Å². The highest BCUT2D eigenvalue weighted by molar-refractivity contribution is 9.10. The van der Waals surface area contributed by atoms with Gasteiger partial charge in [-0.1, -0.05) is 28.1 Å². The lowest BCUT2D eigenvalue weighted by Crippen LogP contribution is -2.51. The predicted octanol–water partition coefficient (Wildman–Crippen LogP) is 3.48. The van der Waals surface area contributed by atoms with Crippen molar-refractivity contribution in [3.05, 3.63) is 34.3 Å². The summed E-state index contributed by atoms with van der Waals surface area (Å²) in [6.07, 6.45) is 7.95. The van der Waals surface area contributed by atoms with Gasteiger partial charge in [-0.15, -0.1) is 12.3 Å². The third kappa shape index (κ3) is 3.06. The van der Waals surface area contributed by atoms with Crippen molar-refractivity contribution < 1.29 is 14.6 Å². The zero-order valence-corrected chi connectivity index (χ0v) is 14.4. The molecule has 1 aliphatic rings. The van der Waals surface area contributed by atoms with Crippen molar-refractivity contribution in [2.45, 2.75) is 44.6 Å². The lowest BCUT2D eigenvalue weighted by molar-refractivity contribution is -0.170. The lowest BCUT2D eigenvalue weighted by atomic mass is 9.68. The Hall–Kier alpha value is -1.31. The maximum atomic E-state index is 12.7. The van der Waals surface area contributed by atoms with Crippen LogP contribution in [0, 0.1) is 17.8 Å². The molecule has 0 spiro atoms. The van der Waals surface area contributed by atoms with E-state index in [4.69, 9.17) is 11.2 Å². The number of benzene rings is 1. The average molecular weight is 365 g/mol. The standard InChI is InChI=1S/C18H21BrO3/c1-3-10-18(21)12-5-11-17(18,16(20)22-4-2)13-14-6-8-15(19)9-7-14/h1,6-9,21H,4-5,10-13H2,2H3/t17-,18-/m1/s1. The van der Waals surface area contributed by atoms with E-state index in [1.54, 1.807) is 6.92 Å². The number of hydrogen-bond acceptors (Lipinski definition) is 3. The van der Waals surface area contributed by atoms with Gasteiger partial charge in [0.1, 0.15) is 5.41 Å². The first-order valence-electron chi connectivity index (χ1n) is 7.55. The van der Waals surface area contributed by atoms with Crippen molar-refractivity contribution in [2.75, 3.05) is 6.61 Å². The van der Waals surface area contributed by atoms with Crippen LogP contribution in [0.5, 0.6) is 0 Å². The van der Waals surface area contributed by atoms with E-state index in [1.165, 1.54) is 0 Å². The van der Waals surface area contributed by atoms with Crippen molar-refractivity contribution in [3.8, 4) is 12.3 Å². The first-order chi connectivity index (χ1) is 10.5. The summed E-state index contributed by atoms with van der Waals surface area (Å²) < 4.78 is 6.27. The number of terminal acetylenes is 1. The molecule has 0 amide bonds.